The Morgan fingerprint density at radius 3 is 2.15 bits per heavy atom. The zero-order chi connectivity index (χ0) is 10.3. The van der Waals surface area contributed by atoms with E-state index >= 15 is 0 Å². The molecule has 0 spiro atoms. The summed E-state index contributed by atoms with van der Waals surface area (Å²) in [5.41, 5.74) is 5.11. The maximum atomic E-state index is 10.9. The fraction of sp³-hybridized carbons (Fsp3) is 0.625. The van der Waals surface area contributed by atoms with Gasteiger partial charge in [0.25, 0.3) is 0 Å². The zero-order valence-electron chi connectivity index (χ0n) is 7.53. The Morgan fingerprint density at radius 1 is 1.46 bits per heavy atom. The molecule has 5 nitrogen and oxygen atoms in total. The molecule has 0 saturated heterocycles. The van der Waals surface area contributed by atoms with Gasteiger partial charge in [-0.15, -0.1) is 0 Å². The lowest BCUT2D eigenvalue weighted by atomic mass is 10.2. The summed E-state index contributed by atoms with van der Waals surface area (Å²) in [5, 5.41) is 16.9. The van der Waals surface area contributed by atoms with Gasteiger partial charge in [0.2, 0.25) is 5.91 Å². The highest BCUT2D eigenvalue weighted by molar-refractivity contribution is 5.79. The van der Waals surface area contributed by atoms with Crippen LogP contribution in [0.1, 0.15) is 13.3 Å². The Kier molecular flexibility index (Phi) is 5.25. The maximum Gasteiger partial charge on any atom is 0.234 e. The minimum absolute atomic E-state index is 0.0506. The van der Waals surface area contributed by atoms with Crippen molar-refractivity contribution in [1.29, 1.82) is 10.5 Å². The van der Waals surface area contributed by atoms with E-state index in [-0.39, 0.29) is 13.1 Å². The van der Waals surface area contributed by atoms with Crippen molar-refractivity contribution >= 4 is 5.91 Å². The lowest BCUT2D eigenvalue weighted by Gasteiger charge is -2.22. The Balaban J connectivity index is 4.41. The largest absolute Gasteiger partial charge is 0.368 e. The SMILES string of the molecule is CCC(C(N)=O)N(CC#N)CC#N. The first-order valence-electron chi connectivity index (χ1n) is 3.94. The first kappa shape index (κ1) is 11.4. The van der Waals surface area contributed by atoms with E-state index in [1.54, 1.807) is 6.92 Å². The predicted molar refractivity (Wildman–Crippen MR) is 46.1 cm³/mol. The third-order valence-corrected chi connectivity index (χ3v) is 1.70. The van der Waals surface area contributed by atoms with E-state index in [4.69, 9.17) is 16.3 Å². The zero-order valence-corrected chi connectivity index (χ0v) is 7.53. The number of hydrogen-bond donors (Lipinski definition) is 1. The Bertz CT molecular complexity index is 234. The summed E-state index contributed by atoms with van der Waals surface area (Å²) in [4.78, 5) is 12.3. The molecule has 1 unspecified atom stereocenters. The molecular weight excluding hydrogens is 168 g/mol. The third-order valence-electron chi connectivity index (χ3n) is 1.70. The Morgan fingerprint density at radius 2 is 1.92 bits per heavy atom. The van der Waals surface area contributed by atoms with Crippen LogP contribution in [0, 0.1) is 22.7 Å². The average molecular weight is 180 g/mol. The van der Waals surface area contributed by atoms with Crippen molar-refractivity contribution in [2.24, 2.45) is 5.73 Å². The first-order chi connectivity index (χ1) is 6.17. The van der Waals surface area contributed by atoms with E-state index in [1.807, 2.05) is 12.1 Å². The summed E-state index contributed by atoms with van der Waals surface area (Å²) in [6.07, 6.45) is 0.513. The average Bonchev–Trinajstić information content (AvgIpc) is 2.05. The van der Waals surface area contributed by atoms with Crippen molar-refractivity contribution in [2.45, 2.75) is 19.4 Å². The quantitative estimate of drug-likeness (QED) is 0.582. The van der Waals surface area contributed by atoms with Crippen molar-refractivity contribution < 1.29 is 4.79 Å². The smallest absolute Gasteiger partial charge is 0.234 e. The number of carbonyl (C=O) groups excluding carboxylic acids is 1. The molecule has 0 saturated carbocycles. The Hall–Kier alpha value is -1.59. The molecule has 0 aromatic carbocycles. The lowest BCUT2D eigenvalue weighted by Crippen LogP contribution is -2.44. The number of hydrogen-bond acceptors (Lipinski definition) is 4. The molecule has 0 aliphatic heterocycles. The van der Waals surface area contributed by atoms with Gasteiger partial charge in [-0.05, 0) is 6.42 Å². The summed E-state index contributed by atoms with van der Waals surface area (Å²) in [7, 11) is 0. The van der Waals surface area contributed by atoms with Crippen LogP contribution >= 0.6 is 0 Å². The van der Waals surface area contributed by atoms with Crippen molar-refractivity contribution in [1.82, 2.24) is 4.90 Å². The molecule has 0 aliphatic rings. The van der Waals surface area contributed by atoms with Crippen LogP contribution in [0.2, 0.25) is 0 Å². The summed E-state index contributed by atoms with van der Waals surface area (Å²) in [6, 6.07) is 3.26. The van der Waals surface area contributed by atoms with Gasteiger partial charge in [0.15, 0.2) is 0 Å². The van der Waals surface area contributed by atoms with Crippen LogP contribution in [-0.2, 0) is 4.79 Å². The number of carbonyl (C=O) groups is 1. The molecule has 0 rings (SSSR count). The standard InChI is InChI=1S/C8H12N4O/c1-2-7(8(11)13)12(5-3-9)6-4-10/h7H,2,5-6H2,1H3,(H2,11,13). The van der Waals surface area contributed by atoms with E-state index in [0.29, 0.717) is 6.42 Å². The van der Waals surface area contributed by atoms with E-state index in [1.165, 1.54) is 4.90 Å². The van der Waals surface area contributed by atoms with E-state index in [2.05, 4.69) is 0 Å². The molecule has 5 heteroatoms. The summed E-state index contributed by atoms with van der Waals surface area (Å²) < 4.78 is 0. The second kappa shape index (κ2) is 5.99. The number of nitrogens with two attached hydrogens (primary N) is 1. The lowest BCUT2D eigenvalue weighted by molar-refractivity contribution is -0.122. The van der Waals surface area contributed by atoms with Gasteiger partial charge < -0.3 is 5.73 Å². The first-order valence-corrected chi connectivity index (χ1v) is 3.94. The fourth-order valence-corrected chi connectivity index (χ4v) is 1.10. The molecule has 2 N–H and O–H groups in total. The molecule has 0 aromatic rings. The van der Waals surface area contributed by atoms with Gasteiger partial charge in [-0.3, -0.25) is 9.69 Å². The molecule has 13 heavy (non-hydrogen) atoms. The fourth-order valence-electron chi connectivity index (χ4n) is 1.10. The molecule has 0 aromatic heterocycles. The van der Waals surface area contributed by atoms with Crippen LogP contribution in [0.15, 0.2) is 0 Å². The molecule has 0 aliphatic carbocycles. The van der Waals surface area contributed by atoms with E-state index in [9.17, 15) is 4.79 Å². The molecule has 0 fully saturated rings. The van der Waals surface area contributed by atoms with Crippen molar-refractivity contribution in [2.75, 3.05) is 13.1 Å². The number of primary amides is 1. The van der Waals surface area contributed by atoms with Crippen LogP contribution in [-0.4, -0.2) is 29.9 Å². The van der Waals surface area contributed by atoms with Crippen LogP contribution in [0.5, 0.6) is 0 Å². The maximum absolute atomic E-state index is 10.9. The number of nitriles is 2. The summed E-state index contributed by atoms with van der Waals surface area (Å²) in [6.45, 7) is 1.89. The van der Waals surface area contributed by atoms with Crippen LogP contribution < -0.4 is 5.73 Å². The van der Waals surface area contributed by atoms with Gasteiger partial charge in [-0.2, -0.15) is 10.5 Å². The van der Waals surface area contributed by atoms with Crippen LogP contribution in [0.4, 0.5) is 0 Å². The highest BCUT2D eigenvalue weighted by Crippen LogP contribution is 2.02. The topological polar surface area (TPSA) is 93.9 Å². The van der Waals surface area contributed by atoms with E-state index < -0.39 is 11.9 Å². The minimum Gasteiger partial charge on any atom is -0.368 e. The normalized spacial score (nSPS) is 11.7. The molecule has 0 heterocycles. The minimum atomic E-state index is -0.515. The molecule has 1 amide bonds. The number of amides is 1. The molecule has 0 radical (unpaired) electrons. The van der Waals surface area contributed by atoms with Crippen molar-refractivity contribution in [3.63, 3.8) is 0 Å². The van der Waals surface area contributed by atoms with Gasteiger partial charge in [-0.1, -0.05) is 6.92 Å². The van der Waals surface area contributed by atoms with Gasteiger partial charge >= 0.3 is 0 Å². The van der Waals surface area contributed by atoms with Gasteiger partial charge in [0, 0.05) is 0 Å². The second-order valence-electron chi connectivity index (χ2n) is 2.55. The summed E-state index contributed by atoms with van der Waals surface area (Å²) in [5.74, 6) is -0.493. The summed E-state index contributed by atoms with van der Waals surface area (Å²) >= 11 is 0. The van der Waals surface area contributed by atoms with Gasteiger partial charge in [0.1, 0.15) is 0 Å². The van der Waals surface area contributed by atoms with Crippen LogP contribution in [0.25, 0.3) is 0 Å². The number of rotatable bonds is 5. The van der Waals surface area contributed by atoms with Crippen molar-refractivity contribution in [3.8, 4) is 12.1 Å². The second-order valence-corrected chi connectivity index (χ2v) is 2.55. The molecular formula is C8H12N4O. The van der Waals surface area contributed by atoms with Gasteiger partial charge in [0.05, 0.1) is 31.3 Å². The number of nitrogens with zero attached hydrogens (tertiary/aromatic N) is 3. The predicted octanol–water partition coefficient (Wildman–Crippen LogP) is -0.401. The Labute approximate surface area is 77.3 Å². The highest BCUT2D eigenvalue weighted by Gasteiger charge is 2.20. The molecule has 1 atom stereocenters. The van der Waals surface area contributed by atoms with Crippen molar-refractivity contribution in [3.05, 3.63) is 0 Å². The van der Waals surface area contributed by atoms with E-state index in [0.717, 1.165) is 0 Å². The molecule has 70 valence electrons. The van der Waals surface area contributed by atoms with Crippen LogP contribution in [0.3, 0.4) is 0 Å². The van der Waals surface area contributed by atoms with Gasteiger partial charge in [-0.25, -0.2) is 0 Å². The third kappa shape index (κ3) is 3.55. The monoisotopic (exact) mass is 180 g/mol. The molecule has 0 bridgehead atoms. The highest BCUT2D eigenvalue weighted by atomic mass is 16.1.